The van der Waals surface area contributed by atoms with Crippen molar-refractivity contribution in [2.75, 3.05) is 38.6 Å². The Bertz CT molecular complexity index is 1300. The molecule has 46 heavy (non-hydrogen) atoms. The van der Waals surface area contributed by atoms with Gasteiger partial charge in [0.25, 0.3) is 5.91 Å². The molecule has 1 aliphatic heterocycles. The fourth-order valence-corrected chi connectivity index (χ4v) is 6.60. The van der Waals surface area contributed by atoms with Gasteiger partial charge in [-0.3, -0.25) is 19.2 Å². The van der Waals surface area contributed by atoms with Crippen LogP contribution in [-0.2, 0) is 23.9 Å². The van der Waals surface area contributed by atoms with E-state index < -0.39 is 53.3 Å². The van der Waals surface area contributed by atoms with E-state index in [9.17, 15) is 23.6 Å². The number of rotatable bonds is 14. The molecule has 1 aromatic carbocycles. The van der Waals surface area contributed by atoms with E-state index in [4.69, 9.17) is 4.74 Å². The molecule has 0 aromatic heterocycles. The van der Waals surface area contributed by atoms with Gasteiger partial charge in [0.2, 0.25) is 17.7 Å². The number of carbonyl (C=O) groups is 4. The van der Waals surface area contributed by atoms with Gasteiger partial charge in [-0.25, -0.2) is 8.78 Å². The topological polar surface area (TPSA) is 120 Å². The third-order valence-electron chi connectivity index (χ3n) is 10.3. The molecule has 5 atom stereocenters. The van der Waals surface area contributed by atoms with Gasteiger partial charge in [-0.1, -0.05) is 13.0 Å². The maximum absolute atomic E-state index is 15.7. The van der Waals surface area contributed by atoms with E-state index in [2.05, 4.69) is 20.9 Å². The number of piperazine rings is 1. The standard InChI is InChI=1S/C34H49F2N5O5/c1-6-46-21(4)30(42)38-28(32(44)41-16-15-40(5)19(2)18-41)20(3)24-11-12-26(25(35)17-24)37-31(43)29(39-33(45)34(36)13-14-34)27(22-7-8-22)23-9-10-23/h11-12,17,19-23,27-29H,6-10,13-16,18H2,1-5H3,(H,37,43)(H,38,42)(H,39,45)/t19-,20+,21?,28-,29+/m1/s1. The highest BCUT2D eigenvalue weighted by Gasteiger charge is 2.54. The van der Waals surface area contributed by atoms with Crippen molar-refractivity contribution in [2.24, 2.45) is 17.8 Å². The highest BCUT2D eigenvalue weighted by atomic mass is 19.1. The number of anilines is 1. The van der Waals surface area contributed by atoms with Crippen LogP contribution in [0.5, 0.6) is 0 Å². The van der Waals surface area contributed by atoms with Gasteiger partial charge in [0.15, 0.2) is 5.67 Å². The van der Waals surface area contributed by atoms with E-state index in [0.29, 0.717) is 31.8 Å². The van der Waals surface area contributed by atoms with Crippen LogP contribution in [0, 0.1) is 23.6 Å². The van der Waals surface area contributed by atoms with Crippen LogP contribution < -0.4 is 16.0 Å². The molecule has 3 aliphatic carbocycles. The molecule has 4 fully saturated rings. The summed E-state index contributed by atoms with van der Waals surface area (Å²) in [5.41, 5.74) is -1.53. The second kappa shape index (κ2) is 13.9. The predicted molar refractivity (Wildman–Crippen MR) is 169 cm³/mol. The molecule has 3 saturated carbocycles. The summed E-state index contributed by atoms with van der Waals surface area (Å²) in [6.07, 6.45) is 3.32. The fourth-order valence-electron chi connectivity index (χ4n) is 6.60. The number of hydrogen-bond donors (Lipinski definition) is 3. The van der Waals surface area contributed by atoms with Crippen LogP contribution in [-0.4, -0.2) is 96.6 Å². The van der Waals surface area contributed by atoms with E-state index in [1.807, 2.05) is 14.0 Å². The molecule has 10 nitrogen and oxygen atoms in total. The van der Waals surface area contributed by atoms with E-state index in [0.717, 1.165) is 25.7 Å². The van der Waals surface area contributed by atoms with Crippen LogP contribution in [0.3, 0.4) is 0 Å². The summed E-state index contributed by atoms with van der Waals surface area (Å²) in [6, 6.07) is 2.54. The molecule has 12 heteroatoms. The van der Waals surface area contributed by atoms with Crippen molar-refractivity contribution < 1.29 is 32.7 Å². The fraction of sp³-hybridized carbons (Fsp3) is 0.706. The molecule has 1 unspecified atom stereocenters. The van der Waals surface area contributed by atoms with Gasteiger partial charge < -0.3 is 30.5 Å². The molecule has 5 rings (SSSR count). The molecular weight excluding hydrogens is 596 g/mol. The molecule has 1 aromatic rings. The molecular formula is C34H49F2N5O5. The van der Waals surface area contributed by atoms with Crippen molar-refractivity contribution in [1.82, 2.24) is 20.4 Å². The Kier molecular flexibility index (Phi) is 10.4. The van der Waals surface area contributed by atoms with Crippen molar-refractivity contribution in [3.05, 3.63) is 29.6 Å². The first-order valence-electron chi connectivity index (χ1n) is 16.8. The molecule has 1 heterocycles. The van der Waals surface area contributed by atoms with Crippen LogP contribution in [0.1, 0.15) is 77.7 Å². The van der Waals surface area contributed by atoms with Crippen LogP contribution in [0.15, 0.2) is 18.2 Å². The number of alkyl halides is 1. The third kappa shape index (κ3) is 7.87. The SMILES string of the molecule is CCOC(C)C(=O)N[C@@H](C(=O)N1CCN(C)[C@H](C)C1)[C@@H](C)c1ccc(NC(=O)[C@@H](NC(=O)C2(F)CC2)C(C2CC2)C2CC2)c(F)c1. The van der Waals surface area contributed by atoms with Gasteiger partial charge in [0.1, 0.15) is 24.0 Å². The zero-order valence-electron chi connectivity index (χ0n) is 27.6. The highest BCUT2D eigenvalue weighted by molar-refractivity contribution is 5.99. The first kappa shape index (κ1) is 34.2. The summed E-state index contributed by atoms with van der Waals surface area (Å²) in [5, 5.41) is 8.20. The molecule has 4 aliphatic rings. The van der Waals surface area contributed by atoms with Gasteiger partial charge in [-0.05, 0) is 102 Å². The Morgan fingerprint density at radius 2 is 1.65 bits per heavy atom. The van der Waals surface area contributed by atoms with Crippen molar-refractivity contribution in [2.45, 2.75) is 102 Å². The van der Waals surface area contributed by atoms with E-state index in [-0.39, 0.29) is 48.2 Å². The van der Waals surface area contributed by atoms with Crippen molar-refractivity contribution >= 4 is 29.3 Å². The molecule has 3 N–H and O–H groups in total. The van der Waals surface area contributed by atoms with Crippen LogP contribution in [0.4, 0.5) is 14.5 Å². The Morgan fingerprint density at radius 3 is 2.20 bits per heavy atom. The molecule has 4 amide bonds. The Hall–Kier alpha value is -3.12. The first-order chi connectivity index (χ1) is 21.8. The monoisotopic (exact) mass is 645 g/mol. The van der Waals surface area contributed by atoms with Gasteiger partial charge in [-0.15, -0.1) is 0 Å². The number of nitrogens with one attached hydrogen (secondary N) is 3. The molecule has 1 saturated heterocycles. The molecule has 0 radical (unpaired) electrons. The van der Waals surface area contributed by atoms with Gasteiger partial charge in [0, 0.05) is 38.2 Å². The van der Waals surface area contributed by atoms with Crippen molar-refractivity contribution in [1.29, 1.82) is 0 Å². The quantitative estimate of drug-likeness (QED) is 0.286. The lowest BCUT2D eigenvalue weighted by molar-refractivity contribution is -0.142. The Balaban J connectivity index is 1.33. The molecule has 0 bridgehead atoms. The van der Waals surface area contributed by atoms with Gasteiger partial charge >= 0.3 is 0 Å². The first-order valence-corrected chi connectivity index (χ1v) is 16.8. The van der Waals surface area contributed by atoms with E-state index in [1.54, 1.807) is 31.7 Å². The molecule has 254 valence electrons. The summed E-state index contributed by atoms with van der Waals surface area (Å²) >= 11 is 0. The minimum absolute atomic E-state index is 0.0725. The lowest BCUT2D eigenvalue weighted by atomic mass is 9.88. The lowest BCUT2D eigenvalue weighted by Crippen LogP contribution is -2.58. The summed E-state index contributed by atoms with van der Waals surface area (Å²) in [6.45, 7) is 9.21. The maximum atomic E-state index is 15.7. The number of benzene rings is 1. The summed E-state index contributed by atoms with van der Waals surface area (Å²) in [4.78, 5) is 57.0. The second-order valence-electron chi connectivity index (χ2n) is 13.9. The minimum Gasteiger partial charge on any atom is -0.369 e. The van der Waals surface area contributed by atoms with Crippen LogP contribution >= 0.6 is 0 Å². The normalized spacial score (nSPS) is 23.7. The minimum atomic E-state index is -1.93. The van der Waals surface area contributed by atoms with E-state index in [1.165, 1.54) is 12.1 Å². The average Bonchev–Trinajstić information content (AvgIpc) is 3.88. The van der Waals surface area contributed by atoms with Crippen molar-refractivity contribution in [3.8, 4) is 0 Å². The van der Waals surface area contributed by atoms with Gasteiger partial charge in [0.05, 0.1) is 5.69 Å². The van der Waals surface area contributed by atoms with E-state index >= 15 is 4.39 Å². The van der Waals surface area contributed by atoms with Crippen LogP contribution in [0.2, 0.25) is 0 Å². The maximum Gasteiger partial charge on any atom is 0.258 e. The number of nitrogens with zero attached hydrogens (tertiary/aromatic N) is 2. The molecule has 0 spiro atoms. The number of ether oxygens (including phenoxy) is 1. The zero-order chi connectivity index (χ0) is 33.3. The summed E-state index contributed by atoms with van der Waals surface area (Å²) < 4.78 is 35.7. The Labute approximate surface area is 270 Å². The summed E-state index contributed by atoms with van der Waals surface area (Å²) in [7, 11) is 2.00. The number of carbonyl (C=O) groups excluding carboxylic acids is 4. The smallest absolute Gasteiger partial charge is 0.258 e. The highest BCUT2D eigenvalue weighted by Crippen LogP contribution is 2.51. The number of halogens is 2. The van der Waals surface area contributed by atoms with Crippen LogP contribution in [0.25, 0.3) is 0 Å². The number of hydrogen-bond acceptors (Lipinski definition) is 6. The average molecular weight is 646 g/mol. The zero-order valence-corrected chi connectivity index (χ0v) is 27.6. The number of amides is 4. The Morgan fingerprint density at radius 1 is 1.00 bits per heavy atom. The summed E-state index contributed by atoms with van der Waals surface area (Å²) in [5.74, 6) is -2.89. The largest absolute Gasteiger partial charge is 0.369 e. The van der Waals surface area contributed by atoms with Gasteiger partial charge in [-0.2, -0.15) is 0 Å². The predicted octanol–water partition coefficient (Wildman–Crippen LogP) is 3.36. The number of likely N-dealkylation sites (N-methyl/N-ethyl adjacent to an activating group) is 1. The van der Waals surface area contributed by atoms with Crippen molar-refractivity contribution in [3.63, 3.8) is 0 Å². The second-order valence-corrected chi connectivity index (χ2v) is 13.9. The third-order valence-corrected chi connectivity index (χ3v) is 10.3. The lowest BCUT2D eigenvalue weighted by Gasteiger charge is -2.40.